The van der Waals surface area contributed by atoms with Gasteiger partial charge in [0.2, 0.25) is 0 Å². The molecule has 0 bridgehead atoms. The van der Waals surface area contributed by atoms with Crippen molar-refractivity contribution in [3.63, 3.8) is 0 Å². The first-order valence-electron chi connectivity index (χ1n) is 7.63. The van der Waals surface area contributed by atoms with E-state index in [-0.39, 0.29) is 12.2 Å². The molecule has 7 nitrogen and oxygen atoms in total. The summed E-state index contributed by atoms with van der Waals surface area (Å²) in [5, 5.41) is 15.4. The largest absolute Gasteiger partial charge is 0.478 e. The Labute approximate surface area is 161 Å². The molecule has 0 unspecified atom stereocenters. The lowest BCUT2D eigenvalue weighted by molar-refractivity contribution is 0.0525. The predicted octanol–water partition coefficient (Wildman–Crippen LogP) is 3.94. The normalized spacial score (nSPS) is 10.7. The average Bonchev–Trinajstić information content (AvgIpc) is 3.18. The minimum Gasteiger partial charge on any atom is -0.478 e. The number of carboxylic acid groups (broad SMARTS) is 1. The van der Waals surface area contributed by atoms with Gasteiger partial charge in [0.15, 0.2) is 5.82 Å². The first kappa shape index (κ1) is 18.3. The molecule has 3 rings (SSSR count). The van der Waals surface area contributed by atoms with E-state index in [4.69, 9.17) is 4.74 Å². The van der Waals surface area contributed by atoms with Crippen LogP contribution in [0.5, 0.6) is 0 Å². The van der Waals surface area contributed by atoms with E-state index in [2.05, 4.69) is 26.0 Å². The standard InChI is InChI=1S/C17H14BrN3O4S/c1-3-25-17(24)10-7-19-21(9(10)2)13-6-4-5-12(20-13)15-14(16(22)23)11(18)8-26-15/h4-8H,3H2,1-2H3,(H,22,23). The van der Waals surface area contributed by atoms with Crippen molar-refractivity contribution in [1.29, 1.82) is 0 Å². The second-order valence-electron chi connectivity index (χ2n) is 5.25. The summed E-state index contributed by atoms with van der Waals surface area (Å²) in [6.07, 6.45) is 1.44. The van der Waals surface area contributed by atoms with Crippen molar-refractivity contribution in [2.75, 3.05) is 6.61 Å². The van der Waals surface area contributed by atoms with Crippen molar-refractivity contribution in [3.8, 4) is 16.4 Å². The minimum absolute atomic E-state index is 0.170. The van der Waals surface area contributed by atoms with Gasteiger partial charge in [0.25, 0.3) is 0 Å². The predicted molar refractivity (Wildman–Crippen MR) is 100 cm³/mol. The lowest BCUT2D eigenvalue weighted by atomic mass is 10.2. The molecule has 0 aromatic carbocycles. The highest BCUT2D eigenvalue weighted by Crippen LogP contribution is 2.35. The number of carboxylic acids is 1. The number of halogens is 1. The lowest BCUT2D eigenvalue weighted by Crippen LogP contribution is -2.08. The van der Waals surface area contributed by atoms with Crippen LogP contribution in [0.15, 0.2) is 34.2 Å². The van der Waals surface area contributed by atoms with Gasteiger partial charge in [-0.25, -0.2) is 19.3 Å². The monoisotopic (exact) mass is 435 g/mol. The molecule has 26 heavy (non-hydrogen) atoms. The third kappa shape index (κ3) is 3.27. The molecule has 0 saturated heterocycles. The number of rotatable bonds is 5. The Bertz CT molecular complexity index is 996. The zero-order chi connectivity index (χ0) is 18.8. The summed E-state index contributed by atoms with van der Waals surface area (Å²) in [5.41, 5.74) is 1.65. The Balaban J connectivity index is 2.04. The number of carbonyl (C=O) groups is 2. The number of hydrogen-bond donors (Lipinski definition) is 1. The molecular weight excluding hydrogens is 422 g/mol. The van der Waals surface area contributed by atoms with Crippen LogP contribution in [0.25, 0.3) is 16.4 Å². The van der Waals surface area contributed by atoms with Crippen LogP contribution in [0.3, 0.4) is 0 Å². The van der Waals surface area contributed by atoms with Crippen molar-refractivity contribution in [3.05, 3.63) is 51.1 Å². The Morgan fingerprint density at radius 1 is 1.38 bits per heavy atom. The highest BCUT2D eigenvalue weighted by Gasteiger charge is 2.21. The molecule has 3 heterocycles. The number of pyridine rings is 1. The second kappa shape index (κ2) is 7.38. The third-order valence-corrected chi connectivity index (χ3v) is 5.58. The van der Waals surface area contributed by atoms with Gasteiger partial charge in [0.05, 0.1) is 34.6 Å². The third-order valence-electron chi connectivity index (χ3n) is 3.65. The highest BCUT2D eigenvalue weighted by atomic mass is 79.9. The number of thiophene rings is 1. The van der Waals surface area contributed by atoms with Crippen LogP contribution in [-0.4, -0.2) is 38.4 Å². The Morgan fingerprint density at radius 3 is 2.85 bits per heavy atom. The molecule has 0 amide bonds. The van der Waals surface area contributed by atoms with E-state index < -0.39 is 11.9 Å². The number of carbonyl (C=O) groups excluding carboxylic acids is 1. The van der Waals surface area contributed by atoms with Crippen LogP contribution in [0, 0.1) is 6.92 Å². The zero-order valence-electron chi connectivity index (χ0n) is 13.9. The fraction of sp³-hybridized carbons (Fsp3) is 0.176. The smallest absolute Gasteiger partial charge is 0.341 e. The molecule has 0 fully saturated rings. The summed E-state index contributed by atoms with van der Waals surface area (Å²) < 4.78 is 7.05. The maximum absolute atomic E-state index is 12.0. The van der Waals surface area contributed by atoms with Gasteiger partial charge in [-0.05, 0) is 41.9 Å². The number of aromatic carboxylic acids is 1. The van der Waals surface area contributed by atoms with Crippen molar-refractivity contribution < 1.29 is 19.4 Å². The Hall–Kier alpha value is -2.52. The van der Waals surface area contributed by atoms with Crippen LogP contribution in [0.2, 0.25) is 0 Å². The molecule has 0 aliphatic carbocycles. The van der Waals surface area contributed by atoms with Gasteiger partial charge >= 0.3 is 11.9 Å². The number of ether oxygens (including phenoxy) is 1. The van der Waals surface area contributed by atoms with Gasteiger partial charge in [0.1, 0.15) is 5.56 Å². The lowest BCUT2D eigenvalue weighted by Gasteiger charge is -2.07. The van der Waals surface area contributed by atoms with E-state index in [0.29, 0.717) is 32.1 Å². The first-order chi connectivity index (χ1) is 12.4. The number of hydrogen-bond acceptors (Lipinski definition) is 6. The van der Waals surface area contributed by atoms with E-state index >= 15 is 0 Å². The SMILES string of the molecule is CCOC(=O)c1cnn(-c2cccc(-c3scc(Br)c3C(=O)O)n2)c1C. The van der Waals surface area contributed by atoms with Crippen molar-refractivity contribution in [2.45, 2.75) is 13.8 Å². The molecular formula is C17H14BrN3O4S. The fourth-order valence-electron chi connectivity index (χ4n) is 2.44. The molecule has 3 aromatic rings. The number of aromatic nitrogens is 3. The van der Waals surface area contributed by atoms with Gasteiger partial charge in [-0.2, -0.15) is 5.10 Å². The van der Waals surface area contributed by atoms with E-state index in [0.717, 1.165) is 0 Å². The van der Waals surface area contributed by atoms with Crippen LogP contribution < -0.4 is 0 Å². The average molecular weight is 436 g/mol. The van der Waals surface area contributed by atoms with Crippen LogP contribution in [0.1, 0.15) is 33.3 Å². The Kier molecular flexibility index (Phi) is 5.19. The van der Waals surface area contributed by atoms with Gasteiger partial charge in [0, 0.05) is 9.85 Å². The highest BCUT2D eigenvalue weighted by molar-refractivity contribution is 9.10. The number of nitrogens with zero attached hydrogens (tertiary/aromatic N) is 3. The van der Waals surface area contributed by atoms with Crippen LogP contribution >= 0.6 is 27.3 Å². The van der Waals surface area contributed by atoms with E-state index in [1.54, 1.807) is 37.4 Å². The zero-order valence-corrected chi connectivity index (χ0v) is 16.3. The summed E-state index contributed by atoms with van der Waals surface area (Å²) in [5.74, 6) is -0.987. The minimum atomic E-state index is -1.03. The molecule has 134 valence electrons. The fourth-order valence-corrected chi connectivity index (χ4v) is 4.11. The molecule has 9 heteroatoms. The summed E-state index contributed by atoms with van der Waals surface area (Å²) >= 11 is 4.55. The van der Waals surface area contributed by atoms with E-state index in [1.807, 2.05) is 0 Å². The molecule has 0 radical (unpaired) electrons. The molecule has 0 saturated carbocycles. The summed E-state index contributed by atoms with van der Waals surface area (Å²) in [7, 11) is 0. The van der Waals surface area contributed by atoms with Crippen molar-refractivity contribution >= 4 is 39.2 Å². The number of esters is 1. The summed E-state index contributed by atoms with van der Waals surface area (Å²) in [6.45, 7) is 3.77. The van der Waals surface area contributed by atoms with Crippen LogP contribution in [-0.2, 0) is 4.74 Å². The molecule has 1 N–H and O–H groups in total. The Morgan fingerprint density at radius 2 is 2.15 bits per heavy atom. The topological polar surface area (TPSA) is 94.3 Å². The molecule has 3 aromatic heterocycles. The summed E-state index contributed by atoms with van der Waals surface area (Å²) in [6, 6.07) is 5.24. The van der Waals surface area contributed by atoms with Gasteiger partial charge in [-0.15, -0.1) is 11.3 Å². The molecule has 0 atom stereocenters. The van der Waals surface area contributed by atoms with Crippen molar-refractivity contribution in [2.24, 2.45) is 0 Å². The van der Waals surface area contributed by atoms with E-state index in [1.165, 1.54) is 22.2 Å². The molecule has 0 spiro atoms. The summed E-state index contributed by atoms with van der Waals surface area (Å²) in [4.78, 5) is 28.5. The van der Waals surface area contributed by atoms with Crippen molar-refractivity contribution in [1.82, 2.24) is 14.8 Å². The second-order valence-corrected chi connectivity index (χ2v) is 6.98. The maximum atomic E-state index is 12.0. The van der Waals surface area contributed by atoms with E-state index in [9.17, 15) is 14.7 Å². The van der Waals surface area contributed by atoms with Gasteiger partial charge < -0.3 is 9.84 Å². The van der Waals surface area contributed by atoms with Gasteiger partial charge in [-0.3, -0.25) is 0 Å². The quantitative estimate of drug-likeness (QED) is 0.609. The molecule has 0 aliphatic rings. The van der Waals surface area contributed by atoms with Gasteiger partial charge in [-0.1, -0.05) is 6.07 Å². The van der Waals surface area contributed by atoms with Crippen LogP contribution in [0.4, 0.5) is 0 Å². The molecule has 0 aliphatic heterocycles. The maximum Gasteiger partial charge on any atom is 0.341 e. The first-order valence-corrected chi connectivity index (χ1v) is 9.31.